The number of piperidine rings is 1. The highest BCUT2D eigenvalue weighted by atomic mass is 35.5. The van der Waals surface area contributed by atoms with Crippen LogP contribution in [0.25, 0.3) is 5.69 Å². The number of hydrogen-bond acceptors (Lipinski definition) is 4. The van der Waals surface area contributed by atoms with Gasteiger partial charge in [-0.3, -0.25) is 9.59 Å². The molecular weight excluding hydrogens is 426 g/mol. The Bertz CT molecular complexity index is 967. The minimum atomic E-state index is -0.276. The van der Waals surface area contributed by atoms with Gasteiger partial charge < -0.3 is 9.64 Å². The van der Waals surface area contributed by atoms with E-state index in [0.29, 0.717) is 42.6 Å². The summed E-state index contributed by atoms with van der Waals surface area (Å²) in [6.45, 7) is 11.5. The van der Waals surface area contributed by atoms with Gasteiger partial charge in [0.25, 0.3) is 5.91 Å². The van der Waals surface area contributed by atoms with Gasteiger partial charge in [-0.25, -0.2) is 4.68 Å². The lowest BCUT2D eigenvalue weighted by atomic mass is 9.94. The van der Waals surface area contributed by atoms with Gasteiger partial charge in [-0.1, -0.05) is 51.4 Å². The van der Waals surface area contributed by atoms with Crippen molar-refractivity contribution in [3.63, 3.8) is 0 Å². The van der Waals surface area contributed by atoms with Gasteiger partial charge in [0.1, 0.15) is 0 Å². The van der Waals surface area contributed by atoms with Gasteiger partial charge in [0.05, 0.1) is 40.2 Å². The Kier molecular flexibility index (Phi) is 7.99. The summed E-state index contributed by atoms with van der Waals surface area (Å²) < 4.78 is 7.06. The molecular formula is C25H34ClN3O3. The summed E-state index contributed by atoms with van der Waals surface area (Å²) in [4.78, 5) is 28.0. The molecule has 0 unspecified atom stereocenters. The maximum Gasteiger partial charge on any atom is 0.310 e. The highest BCUT2D eigenvalue weighted by Crippen LogP contribution is 2.32. The van der Waals surface area contributed by atoms with Crippen LogP contribution in [0, 0.1) is 11.8 Å². The summed E-state index contributed by atoms with van der Waals surface area (Å²) in [5, 5.41) is 5.49. The topological polar surface area (TPSA) is 64.4 Å². The normalized spacial score (nSPS) is 16.6. The fourth-order valence-corrected chi connectivity index (χ4v) is 4.57. The molecule has 1 aromatic heterocycles. The minimum absolute atomic E-state index is 0.0587. The lowest BCUT2D eigenvalue weighted by molar-refractivity contribution is -0.149. The molecule has 1 amide bonds. The lowest BCUT2D eigenvalue weighted by Crippen LogP contribution is -2.43. The Hall–Kier alpha value is -2.34. The third-order valence-electron chi connectivity index (χ3n) is 5.77. The van der Waals surface area contributed by atoms with Crippen LogP contribution >= 0.6 is 11.6 Å². The maximum atomic E-state index is 13.9. The van der Waals surface area contributed by atoms with Gasteiger partial charge in [0, 0.05) is 13.1 Å². The first-order valence-electron chi connectivity index (χ1n) is 11.6. The number of para-hydroxylation sites is 1. The number of benzene rings is 1. The second kappa shape index (κ2) is 10.5. The Morgan fingerprint density at radius 1 is 1.22 bits per heavy atom. The first kappa shape index (κ1) is 24.3. The van der Waals surface area contributed by atoms with Gasteiger partial charge in [-0.15, -0.1) is 0 Å². The number of carbonyl (C=O) groups excluding carboxylic acids is 2. The van der Waals surface area contributed by atoms with Crippen molar-refractivity contribution in [2.24, 2.45) is 11.8 Å². The van der Waals surface area contributed by atoms with Gasteiger partial charge in [-0.2, -0.15) is 5.10 Å². The van der Waals surface area contributed by atoms with Gasteiger partial charge in [0.15, 0.2) is 0 Å². The van der Waals surface area contributed by atoms with E-state index in [9.17, 15) is 9.59 Å². The molecule has 1 aliphatic rings. The Balaban J connectivity index is 2.06. The van der Waals surface area contributed by atoms with E-state index in [2.05, 4.69) is 27.7 Å². The van der Waals surface area contributed by atoms with E-state index in [1.165, 1.54) is 0 Å². The Labute approximate surface area is 195 Å². The monoisotopic (exact) mass is 459 g/mol. The first-order chi connectivity index (χ1) is 15.2. The lowest BCUT2D eigenvalue weighted by Gasteiger charge is -2.32. The van der Waals surface area contributed by atoms with Crippen LogP contribution in [0.5, 0.6) is 0 Å². The summed E-state index contributed by atoms with van der Waals surface area (Å²) in [6, 6.07) is 7.56. The Morgan fingerprint density at radius 2 is 1.94 bits per heavy atom. The molecule has 1 aromatic carbocycles. The number of carbonyl (C=O) groups is 2. The molecule has 2 heterocycles. The fourth-order valence-electron chi connectivity index (χ4n) is 4.35. The molecule has 1 aliphatic heterocycles. The zero-order valence-electron chi connectivity index (χ0n) is 19.7. The molecule has 0 radical (unpaired) electrons. The number of amides is 1. The third-order valence-corrected chi connectivity index (χ3v) is 6.08. The molecule has 2 aromatic rings. The number of aromatic nitrogens is 2. The molecule has 0 spiro atoms. The summed E-state index contributed by atoms with van der Waals surface area (Å²) >= 11 is 6.51. The van der Waals surface area contributed by atoms with Crippen molar-refractivity contribution in [2.45, 2.75) is 59.8 Å². The van der Waals surface area contributed by atoms with E-state index in [0.717, 1.165) is 29.9 Å². The molecule has 6 nitrogen and oxygen atoms in total. The number of likely N-dealkylation sites (tertiary alicyclic amines) is 1. The predicted molar refractivity (Wildman–Crippen MR) is 126 cm³/mol. The number of rotatable bonds is 7. The zero-order chi connectivity index (χ0) is 23.4. The van der Waals surface area contributed by atoms with Gasteiger partial charge >= 0.3 is 5.97 Å². The van der Waals surface area contributed by atoms with Gasteiger partial charge in [0.2, 0.25) is 0 Å². The van der Waals surface area contributed by atoms with Crippen LogP contribution in [0.4, 0.5) is 0 Å². The Morgan fingerprint density at radius 3 is 2.56 bits per heavy atom. The molecule has 0 aliphatic carbocycles. The number of hydrogen-bond donors (Lipinski definition) is 0. The summed E-state index contributed by atoms with van der Waals surface area (Å²) in [6.07, 6.45) is 2.22. The standard InChI is InChI=1S/C25H34ClN3O3/c1-6-32-25(31)18-10-9-13-28(15-18)24(30)22-20(14-16(2)3)27-29(23(22)17(4)5)21-12-8-7-11-19(21)26/h7-8,11-12,16-18H,6,9-10,13-15H2,1-5H3/t18-/m1/s1. The van der Waals surface area contributed by atoms with Crippen molar-refractivity contribution in [1.29, 1.82) is 0 Å². The number of nitrogens with zero attached hydrogens (tertiary/aromatic N) is 3. The first-order valence-corrected chi connectivity index (χ1v) is 11.9. The fraction of sp³-hybridized carbons (Fsp3) is 0.560. The molecule has 0 N–H and O–H groups in total. The van der Waals surface area contributed by atoms with E-state index in [1.54, 1.807) is 11.8 Å². The molecule has 32 heavy (non-hydrogen) atoms. The number of ether oxygens (including phenoxy) is 1. The van der Waals surface area contributed by atoms with E-state index in [1.807, 2.05) is 28.9 Å². The second-order valence-electron chi connectivity index (χ2n) is 9.17. The summed E-state index contributed by atoms with van der Waals surface area (Å²) in [5.41, 5.74) is 3.06. The highest BCUT2D eigenvalue weighted by molar-refractivity contribution is 6.32. The summed E-state index contributed by atoms with van der Waals surface area (Å²) in [5.74, 6) is -0.156. The molecule has 3 rings (SSSR count). The van der Waals surface area contributed by atoms with Crippen LogP contribution in [-0.4, -0.2) is 46.3 Å². The molecule has 1 fully saturated rings. The van der Waals surface area contributed by atoms with Crippen LogP contribution in [0.3, 0.4) is 0 Å². The molecule has 0 bridgehead atoms. The van der Waals surface area contributed by atoms with Crippen LogP contribution < -0.4 is 0 Å². The van der Waals surface area contributed by atoms with Crippen LogP contribution in [0.15, 0.2) is 24.3 Å². The van der Waals surface area contributed by atoms with Crippen LogP contribution in [0.2, 0.25) is 5.02 Å². The third kappa shape index (κ3) is 5.17. The van der Waals surface area contributed by atoms with Crippen LogP contribution in [0.1, 0.15) is 75.1 Å². The second-order valence-corrected chi connectivity index (χ2v) is 9.57. The number of halogens is 1. The average Bonchev–Trinajstić information content (AvgIpc) is 3.12. The quantitative estimate of drug-likeness (QED) is 0.529. The van der Waals surface area contributed by atoms with Gasteiger partial charge in [-0.05, 0) is 50.2 Å². The van der Waals surface area contributed by atoms with Crippen molar-refractivity contribution < 1.29 is 14.3 Å². The predicted octanol–water partition coefficient (Wildman–Crippen LogP) is 5.26. The van der Waals surface area contributed by atoms with Crippen molar-refractivity contribution in [2.75, 3.05) is 19.7 Å². The van der Waals surface area contributed by atoms with Crippen LogP contribution in [-0.2, 0) is 16.0 Å². The number of esters is 1. The molecule has 1 atom stereocenters. The van der Waals surface area contributed by atoms with E-state index in [4.69, 9.17) is 21.4 Å². The van der Waals surface area contributed by atoms with E-state index >= 15 is 0 Å². The highest BCUT2D eigenvalue weighted by Gasteiger charge is 2.34. The zero-order valence-corrected chi connectivity index (χ0v) is 20.5. The smallest absolute Gasteiger partial charge is 0.310 e. The van der Waals surface area contributed by atoms with E-state index in [-0.39, 0.29) is 23.7 Å². The van der Waals surface area contributed by atoms with Crippen molar-refractivity contribution in [3.8, 4) is 5.69 Å². The van der Waals surface area contributed by atoms with Crippen molar-refractivity contribution >= 4 is 23.5 Å². The molecule has 174 valence electrons. The van der Waals surface area contributed by atoms with Crippen molar-refractivity contribution in [3.05, 3.63) is 46.2 Å². The molecule has 0 saturated carbocycles. The van der Waals surface area contributed by atoms with E-state index < -0.39 is 0 Å². The van der Waals surface area contributed by atoms with Crippen molar-refractivity contribution in [1.82, 2.24) is 14.7 Å². The minimum Gasteiger partial charge on any atom is -0.466 e. The maximum absolute atomic E-state index is 13.9. The molecule has 1 saturated heterocycles. The SMILES string of the molecule is CCOC(=O)[C@@H]1CCCN(C(=O)c2c(CC(C)C)nn(-c3ccccc3Cl)c2C(C)C)C1. The average molecular weight is 460 g/mol. The summed E-state index contributed by atoms with van der Waals surface area (Å²) in [7, 11) is 0. The largest absolute Gasteiger partial charge is 0.466 e. The molecule has 7 heteroatoms.